The van der Waals surface area contributed by atoms with Crippen LogP contribution in [0.1, 0.15) is 45.1 Å². The lowest BCUT2D eigenvalue weighted by atomic mass is 9.97. The topological polar surface area (TPSA) is 40.6 Å². The van der Waals surface area contributed by atoms with E-state index in [-0.39, 0.29) is 11.8 Å². The standard InChI is InChI=1S/C22H36N2O2S/c1-18-4-6-22(7-5-18)27(25,26)17-21(24-14-10-20(3)11-15-24)16-23-12-8-19(2)9-13-23/h4-7,19-21H,8-17H2,1-3H3. The highest BCUT2D eigenvalue weighted by Gasteiger charge is 2.31. The van der Waals surface area contributed by atoms with Crippen molar-refractivity contribution in [3.05, 3.63) is 29.8 Å². The Bertz CT molecular complexity index is 686. The number of likely N-dealkylation sites (tertiary alicyclic amines) is 2. The fourth-order valence-corrected chi connectivity index (χ4v) is 5.87. The molecule has 1 unspecified atom stereocenters. The molecular weight excluding hydrogens is 356 g/mol. The molecule has 2 saturated heterocycles. The zero-order valence-corrected chi connectivity index (χ0v) is 18.0. The Morgan fingerprint density at radius 2 is 1.44 bits per heavy atom. The molecular formula is C22H36N2O2S. The first kappa shape index (κ1) is 20.8. The SMILES string of the molecule is Cc1ccc(S(=O)(=O)CC(CN2CCC(C)CC2)N2CCC(C)CC2)cc1. The van der Waals surface area contributed by atoms with E-state index in [2.05, 4.69) is 23.6 Å². The summed E-state index contributed by atoms with van der Waals surface area (Å²) in [6, 6.07) is 7.43. The average molecular weight is 393 g/mol. The van der Waals surface area contributed by atoms with Crippen LogP contribution in [-0.2, 0) is 9.84 Å². The molecule has 1 aromatic carbocycles. The molecule has 0 N–H and O–H groups in total. The highest BCUT2D eigenvalue weighted by atomic mass is 32.2. The van der Waals surface area contributed by atoms with E-state index in [9.17, 15) is 8.42 Å². The number of piperidine rings is 2. The van der Waals surface area contributed by atoms with Crippen LogP contribution >= 0.6 is 0 Å². The fourth-order valence-electron chi connectivity index (χ4n) is 4.31. The van der Waals surface area contributed by atoms with E-state index in [4.69, 9.17) is 0 Å². The Balaban J connectivity index is 1.73. The maximum Gasteiger partial charge on any atom is 0.179 e. The quantitative estimate of drug-likeness (QED) is 0.742. The van der Waals surface area contributed by atoms with Gasteiger partial charge in [0.1, 0.15) is 0 Å². The van der Waals surface area contributed by atoms with E-state index in [0.717, 1.165) is 50.1 Å². The molecule has 0 aromatic heterocycles. The van der Waals surface area contributed by atoms with Gasteiger partial charge in [-0.05, 0) is 82.8 Å². The molecule has 4 nitrogen and oxygen atoms in total. The molecule has 0 spiro atoms. The van der Waals surface area contributed by atoms with Crippen molar-refractivity contribution in [3.63, 3.8) is 0 Å². The number of nitrogens with zero attached hydrogens (tertiary/aromatic N) is 2. The summed E-state index contributed by atoms with van der Waals surface area (Å²) in [4.78, 5) is 5.41. The van der Waals surface area contributed by atoms with Crippen molar-refractivity contribution in [3.8, 4) is 0 Å². The molecule has 3 rings (SSSR count). The second-order valence-electron chi connectivity index (χ2n) is 8.95. The minimum atomic E-state index is -3.27. The molecule has 27 heavy (non-hydrogen) atoms. The van der Waals surface area contributed by atoms with Gasteiger partial charge in [-0.25, -0.2) is 8.42 Å². The number of sulfone groups is 1. The summed E-state index contributed by atoms with van der Waals surface area (Å²) >= 11 is 0. The van der Waals surface area contributed by atoms with Gasteiger partial charge in [0.15, 0.2) is 9.84 Å². The van der Waals surface area contributed by atoms with Crippen LogP contribution in [0.25, 0.3) is 0 Å². The monoisotopic (exact) mass is 392 g/mol. The summed E-state index contributed by atoms with van der Waals surface area (Å²) < 4.78 is 26.2. The zero-order valence-electron chi connectivity index (χ0n) is 17.2. The first-order valence-electron chi connectivity index (χ1n) is 10.6. The first-order valence-corrected chi connectivity index (χ1v) is 12.2. The zero-order chi connectivity index (χ0) is 19.4. The fraction of sp³-hybridized carbons (Fsp3) is 0.727. The van der Waals surface area contributed by atoms with Gasteiger partial charge in [0.2, 0.25) is 0 Å². The van der Waals surface area contributed by atoms with Crippen LogP contribution in [0.15, 0.2) is 29.2 Å². The van der Waals surface area contributed by atoms with Crippen molar-refractivity contribution in [1.82, 2.24) is 9.80 Å². The Kier molecular flexibility index (Phi) is 6.98. The van der Waals surface area contributed by atoms with E-state index in [1.165, 1.54) is 25.7 Å². The Morgan fingerprint density at radius 1 is 0.926 bits per heavy atom. The Labute approximate surface area is 165 Å². The molecule has 152 valence electrons. The molecule has 2 fully saturated rings. The summed E-state index contributed by atoms with van der Waals surface area (Å²) in [6.07, 6.45) is 4.82. The maximum absolute atomic E-state index is 13.1. The largest absolute Gasteiger partial charge is 0.302 e. The van der Waals surface area contributed by atoms with Gasteiger partial charge < -0.3 is 4.90 Å². The highest BCUT2D eigenvalue weighted by Crippen LogP contribution is 2.23. The van der Waals surface area contributed by atoms with Crippen molar-refractivity contribution in [2.24, 2.45) is 11.8 Å². The van der Waals surface area contributed by atoms with E-state index < -0.39 is 9.84 Å². The molecule has 2 heterocycles. The van der Waals surface area contributed by atoms with Gasteiger partial charge in [-0.15, -0.1) is 0 Å². The maximum atomic E-state index is 13.1. The third-order valence-electron chi connectivity index (χ3n) is 6.47. The second-order valence-corrected chi connectivity index (χ2v) is 11.0. The van der Waals surface area contributed by atoms with Gasteiger partial charge in [0.25, 0.3) is 0 Å². The smallest absolute Gasteiger partial charge is 0.179 e. The summed E-state index contributed by atoms with van der Waals surface area (Å²) in [6.45, 7) is 11.8. The van der Waals surface area contributed by atoms with Gasteiger partial charge >= 0.3 is 0 Å². The van der Waals surface area contributed by atoms with Crippen LogP contribution < -0.4 is 0 Å². The Hall–Kier alpha value is -0.910. The van der Waals surface area contributed by atoms with Gasteiger partial charge in [-0.3, -0.25) is 4.90 Å². The third kappa shape index (κ3) is 5.78. The van der Waals surface area contributed by atoms with Crippen molar-refractivity contribution < 1.29 is 8.42 Å². The second kappa shape index (κ2) is 9.06. The minimum absolute atomic E-state index is 0.0946. The molecule has 1 atom stereocenters. The number of hydrogen-bond donors (Lipinski definition) is 0. The lowest BCUT2D eigenvalue weighted by molar-refractivity contribution is 0.0974. The van der Waals surface area contributed by atoms with E-state index >= 15 is 0 Å². The number of rotatable bonds is 6. The molecule has 0 saturated carbocycles. The molecule has 5 heteroatoms. The van der Waals surface area contributed by atoms with Crippen LogP contribution in [0, 0.1) is 18.8 Å². The molecule has 1 aromatic rings. The first-order chi connectivity index (χ1) is 12.8. The molecule has 0 bridgehead atoms. The molecule has 2 aliphatic rings. The molecule has 0 aliphatic carbocycles. The summed E-state index contributed by atoms with van der Waals surface area (Å²) in [5, 5.41) is 0. The number of aryl methyl sites for hydroxylation is 1. The van der Waals surface area contributed by atoms with Crippen LogP contribution in [0.5, 0.6) is 0 Å². The predicted molar refractivity (Wildman–Crippen MR) is 112 cm³/mol. The third-order valence-corrected chi connectivity index (χ3v) is 8.29. The summed E-state index contributed by atoms with van der Waals surface area (Å²) in [5.74, 6) is 1.79. The normalized spacial score (nSPS) is 22.8. The van der Waals surface area contributed by atoms with Gasteiger partial charge in [-0.1, -0.05) is 31.5 Å². The van der Waals surface area contributed by atoms with Crippen LogP contribution in [-0.4, -0.2) is 62.7 Å². The molecule has 2 aliphatic heterocycles. The van der Waals surface area contributed by atoms with Crippen molar-refractivity contribution in [1.29, 1.82) is 0 Å². The number of benzene rings is 1. The van der Waals surface area contributed by atoms with Crippen LogP contribution in [0.3, 0.4) is 0 Å². The van der Waals surface area contributed by atoms with Crippen LogP contribution in [0.4, 0.5) is 0 Å². The lowest BCUT2D eigenvalue weighted by Crippen LogP contribution is -2.51. The minimum Gasteiger partial charge on any atom is -0.302 e. The summed E-state index contributed by atoms with van der Waals surface area (Å²) in [5.41, 5.74) is 1.10. The summed E-state index contributed by atoms with van der Waals surface area (Å²) in [7, 11) is -3.27. The van der Waals surface area contributed by atoms with Gasteiger partial charge in [-0.2, -0.15) is 0 Å². The van der Waals surface area contributed by atoms with Crippen molar-refractivity contribution in [2.75, 3.05) is 38.5 Å². The van der Waals surface area contributed by atoms with Gasteiger partial charge in [0.05, 0.1) is 10.6 Å². The lowest BCUT2D eigenvalue weighted by Gasteiger charge is -2.40. The van der Waals surface area contributed by atoms with Gasteiger partial charge in [0, 0.05) is 12.6 Å². The molecule has 0 amide bonds. The Morgan fingerprint density at radius 3 is 2.00 bits per heavy atom. The van der Waals surface area contributed by atoms with Crippen molar-refractivity contribution >= 4 is 9.84 Å². The molecule has 0 radical (unpaired) electrons. The van der Waals surface area contributed by atoms with E-state index in [1.54, 1.807) is 12.1 Å². The van der Waals surface area contributed by atoms with Crippen LogP contribution in [0.2, 0.25) is 0 Å². The highest BCUT2D eigenvalue weighted by molar-refractivity contribution is 7.91. The van der Waals surface area contributed by atoms with E-state index in [0.29, 0.717) is 4.90 Å². The average Bonchev–Trinajstić information content (AvgIpc) is 2.64. The predicted octanol–water partition coefficient (Wildman–Crippen LogP) is 3.60. The van der Waals surface area contributed by atoms with E-state index in [1.807, 2.05) is 19.1 Å². The number of hydrogen-bond acceptors (Lipinski definition) is 4. The van der Waals surface area contributed by atoms with Crippen molar-refractivity contribution in [2.45, 2.75) is 57.4 Å².